The lowest BCUT2D eigenvalue weighted by Crippen LogP contribution is -2.37. The third-order valence-corrected chi connectivity index (χ3v) is 3.66. The largest absolute Gasteiger partial charge is 0.389 e. The van der Waals surface area contributed by atoms with Crippen molar-refractivity contribution in [1.82, 2.24) is 9.47 Å². The Morgan fingerprint density at radius 2 is 2.37 bits per heavy atom. The summed E-state index contributed by atoms with van der Waals surface area (Å²) >= 11 is 0. The van der Waals surface area contributed by atoms with Crippen LogP contribution in [0.2, 0.25) is 0 Å². The van der Waals surface area contributed by atoms with Gasteiger partial charge in [-0.1, -0.05) is 0 Å². The normalized spacial score (nSPS) is 17.0. The van der Waals surface area contributed by atoms with Crippen LogP contribution in [0, 0.1) is 0 Å². The molecule has 0 bridgehead atoms. The highest BCUT2D eigenvalue weighted by Gasteiger charge is 2.25. The summed E-state index contributed by atoms with van der Waals surface area (Å²) in [5.41, 5.74) is 0.705. The van der Waals surface area contributed by atoms with Gasteiger partial charge in [-0.25, -0.2) is 0 Å². The molecule has 1 fully saturated rings. The highest BCUT2D eigenvalue weighted by atomic mass is 16.5. The van der Waals surface area contributed by atoms with E-state index in [1.165, 1.54) is 13.5 Å². The Bertz CT molecular complexity index is 426. The highest BCUT2D eigenvalue weighted by Crippen LogP contribution is 2.32. The maximum Gasteiger partial charge on any atom is 0.270 e. The number of methoxy groups -OCH3 is 1. The SMILES string of the molecule is COCC(O)CN(C)C(=O)c1cccn1C1CCC1. The average Bonchev–Trinajstić information content (AvgIpc) is 2.74. The number of rotatable bonds is 6. The molecule has 1 aromatic rings. The number of amides is 1. The summed E-state index contributed by atoms with van der Waals surface area (Å²) in [6, 6.07) is 4.22. The first-order valence-electron chi connectivity index (χ1n) is 6.72. The smallest absolute Gasteiger partial charge is 0.270 e. The summed E-state index contributed by atoms with van der Waals surface area (Å²) in [7, 11) is 3.24. The third kappa shape index (κ3) is 3.16. The molecule has 19 heavy (non-hydrogen) atoms. The predicted molar refractivity (Wildman–Crippen MR) is 72.2 cm³/mol. The Kier molecular flexibility index (Phi) is 4.61. The van der Waals surface area contributed by atoms with Gasteiger partial charge in [-0.05, 0) is 31.4 Å². The van der Waals surface area contributed by atoms with E-state index >= 15 is 0 Å². The van der Waals surface area contributed by atoms with Crippen LogP contribution in [0.5, 0.6) is 0 Å². The number of aliphatic hydroxyl groups is 1. The summed E-state index contributed by atoms with van der Waals surface area (Å²) < 4.78 is 6.93. The van der Waals surface area contributed by atoms with E-state index in [2.05, 4.69) is 4.57 Å². The second-order valence-electron chi connectivity index (χ2n) is 5.18. The van der Waals surface area contributed by atoms with Crippen molar-refractivity contribution in [3.63, 3.8) is 0 Å². The van der Waals surface area contributed by atoms with Gasteiger partial charge in [0.1, 0.15) is 5.69 Å². The average molecular weight is 266 g/mol. The number of aliphatic hydroxyl groups excluding tert-OH is 1. The molecule has 5 nitrogen and oxygen atoms in total. The van der Waals surface area contributed by atoms with Crippen molar-refractivity contribution in [3.8, 4) is 0 Å². The summed E-state index contributed by atoms with van der Waals surface area (Å²) in [5, 5.41) is 9.68. The van der Waals surface area contributed by atoms with E-state index in [-0.39, 0.29) is 19.1 Å². The Hall–Kier alpha value is -1.33. The van der Waals surface area contributed by atoms with E-state index < -0.39 is 6.10 Å². The first-order chi connectivity index (χ1) is 9.13. The lowest BCUT2D eigenvalue weighted by molar-refractivity contribution is 0.0374. The van der Waals surface area contributed by atoms with Gasteiger partial charge in [0.05, 0.1) is 12.7 Å². The molecule has 1 aliphatic rings. The zero-order valence-corrected chi connectivity index (χ0v) is 11.6. The van der Waals surface area contributed by atoms with Gasteiger partial charge in [0.15, 0.2) is 0 Å². The molecular formula is C14H22N2O3. The minimum atomic E-state index is -0.647. The van der Waals surface area contributed by atoms with Crippen molar-refractivity contribution < 1.29 is 14.6 Å². The summed E-state index contributed by atoms with van der Waals surface area (Å²) in [5.74, 6) is -0.0490. The molecule has 0 aliphatic heterocycles. The number of aromatic nitrogens is 1. The molecule has 0 aromatic carbocycles. The summed E-state index contributed by atoms with van der Waals surface area (Å²) in [4.78, 5) is 13.9. The molecule has 1 unspecified atom stereocenters. The van der Waals surface area contributed by atoms with Gasteiger partial charge in [-0.2, -0.15) is 0 Å². The van der Waals surface area contributed by atoms with Crippen LogP contribution in [0.1, 0.15) is 35.8 Å². The van der Waals surface area contributed by atoms with E-state index in [1.807, 2.05) is 18.3 Å². The molecule has 0 spiro atoms. The molecule has 106 valence electrons. The van der Waals surface area contributed by atoms with E-state index in [0.717, 1.165) is 12.8 Å². The van der Waals surface area contributed by atoms with E-state index in [4.69, 9.17) is 4.74 Å². The predicted octanol–water partition coefficient (Wildman–Crippen LogP) is 1.29. The molecule has 1 aromatic heterocycles. The van der Waals surface area contributed by atoms with Crippen molar-refractivity contribution in [1.29, 1.82) is 0 Å². The van der Waals surface area contributed by atoms with Crippen molar-refractivity contribution in [2.45, 2.75) is 31.4 Å². The van der Waals surface area contributed by atoms with Gasteiger partial charge >= 0.3 is 0 Å². The molecule has 0 radical (unpaired) electrons. The summed E-state index contributed by atoms with van der Waals surface area (Å²) in [6.45, 7) is 0.518. The van der Waals surface area contributed by atoms with E-state index in [0.29, 0.717) is 11.7 Å². The maximum atomic E-state index is 12.4. The molecule has 1 N–H and O–H groups in total. The van der Waals surface area contributed by atoms with Gasteiger partial charge < -0.3 is 19.3 Å². The van der Waals surface area contributed by atoms with Crippen LogP contribution < -0.4 is 0 Å². The molecule has 1 atom stereocenters. The van der Waals surface area contributed by atoms with Gasteiger partial charge in [0, 0.05) is 32.9 Å². The number of carbonyl (C=O) groups is 1. The minimum absolute atomic E-state index is 0.0490. The number of likely N-dealkylation sites (N-methyl/N-ethyl adjacent to an activating group) is 1. The Labute approximate surface area is 113 Å². The van der Waals surface area contributed by atoms with E-state index in [9.17, 15) is 9.90 Å². The lowest BCUT2D eigenvalue weighted by atomic mass is 9.93. The molecular weight excluding hydrogens is 244 g/mol. The Morgan fingerprint density at radius 1 is 1.63 bits per heavy atom. The monoisotopic (exact) mass is 266 g/mol. The van der Waals surface area contributed by atoms with Crippen LogP contribution in [0.25, 0.3) is 0 Å². The van der Waals surface area contributed by atoms with Crippen molar-refractivity contribution in [3.05, 3.63) is 24.0 Å². The van der Waals surface area contributed by atoms with E-state index in [1.54, 1.807) is 11.9 Å². The Morgan fingerprint density at radius 3 is 2.95 bits per heavy atom. The number of hydrogen-bond donors (Lipinski definition) is 1. The quantitative estimate of drug-likeness (QED) is 0.844. The fourth-order valence-electron chi connectivity index (χ4n) is 2.40. The number of ether oxygens (including phenoxy) is 1. The molecule has 0 saturated heterocycles. The van der Waals surface area contributed by atoms with Crippen LogP contribution in [0.4, 0.5) is 0 Å². The third-order valence-electron chi connectivity index (χ3n) is 3.66. The Balaban J connectivity index is 2.00. The number of carbonyl (C=O) groups excluding carboxylic acids is 1. The number of hydrogen-bond acceptors (Lipinski definition) is 3. The van der Waals surface area contributed by atoms with Gasteiger partial charge in [-0.3, -0.25) is 4.79 Å². The first-order valence-corrected chi connectivity index (χ1v) is 6.72. The van der Waals surface area contributed by atoms with Crippen molar-refractivity contribution in [2.75, 3.05) is 27.3 Å². The first kappa shape index (κ1) is 14.1. The van der Waals surface area contributed by atoms with Gasteiger partial charge in [-0.15, -0.1) is 0 Å². The number of nitrogens with zero attached hydrogens (tertiary/aromatic N) is 2. The lowest BCUT2D eigenvalue weighted by Gasteiger charge is -2.30. The fraction of sp³-hybridized carbons (Fsp3) is 0.643. The van der Waals surface area contributed by atoms with Crippen molar-refractivity contribution in [2.24, 2.45) is 0 Å². The molecule has 1 aliphatic carbocycles. The van der Waals surface area contributed by atoms with Gasteiger partial charge in [0.25, 0.3) is 5.91 Å². The molecule has 2 rings (SSSR count). The van der Waals surface area contributed by atoms with Crippen LogP contribution in [0.15, 0.2) is 18.3 Å². The molecule has 1 heterocycles. The van der Waals surface area contributed by atoms with Crippen molar-refractivity contribution >= 4 is 5.91 Å². The zero-order valence-electron chi connectivity index (χ0n) is 11.6. The molecule has 1 amide bonds. The molecule has 5 heteroatoms. The van der Waals surface area contributed by atoms with Crippen LogP contribution in [-0.4, -0.2) is 53.9 Å². The van der Waals surface area contributed by atoms with Crippen LogP contribution >= 0.6 is 0 Å². The zero-order chi connectivity index (χ0) is 13.8. The minimum Gasteiger partial charge on any atom is -0.389 e. The second kappa shape index (κ2) is 6.21. The highest BCUT2D eigenvalue weighted by molar-refractivity contribution is 5.92. The maximum absolute atomic E-state index is 12.4. The van der Waals surface area contributed by atoms with Crippen LogP contribution in [-0.2, 0) is 4.74 Å². The van der Waals surface area contributed by atoms with Gasteiger partial charge in [0.2, 0.25) is 0 Å². The molecule has 1 saturated carbocycles. The fourth-order valence-corrected chi connectivity index (χ4v) is 2.40. The standard InChI is InChI=1S/C14H22N2O3/c1-15(9-12(17)10-19-2)14(18)13-7-4-8-16(13)11-5-3-6-11/h4,7-8,11-12,17H,3,5-6,9-10H2,1-2H3. The second-order valence-corrected chi connectivity index (χ2v) is 5.18. The van der Waals surface area contributed by atoms with Crippen LogP contribution in [0.3, 0.4) is 0 Å². The topological polar surface area (TPSA) is 54.7 Å². The summed E-state index contributed by atoms with van der Waals surface area (Å²) in [6.07, 6.45) is 4.84.